The third-order valence-corrected chi connectivity index (χ3v) is 3.73. The Morgan fingerprint density at radius 1 is 1.00 bits per heavy atom. The second kappa shape index (κ2) is 9.29. The van der Waals surface area contributed by atoms with Crippen molar-refractivity contribution in [3.05, 3.63) is 59.3 Å². The number of benzene rings is 2. The molecule has 0 saturated heterocycles. The van der Waals surface area contributed by atoms with E-state index in [1.165, 1.54) is 48.5 Å². The van der Waals surface area contributed by atoms with Gasteiger partial charge in [-0.15, -0.1) is 0 Å². The molecule has 0 saturated carbocycles. The quantitative estimate of drug-likeness (QED) is 0.351. The summed E-state index contributed by atoms with van der Waals surface area (Å²) >= 11 is 0. The third kappa shape index (κ3) is 5.28. The lowest BCUT2D eigenvalue weighted by Gasteiger charge is -2.11. The Labute approximate surface area is 168 Å². The number of hydrogen-bond acceptors (Lipinski definition) is 6. The Kier molecular flexibility index (Phi) is 6.55. The topological polar surface area (TPSA) is 66.3 Å². The molecule has 1 aliphatic rings. The van der Waals surface area contributed by atoms with Gasteiger partial charge in [-0.3, -0.25) is 0 Å². The molecule has 0 fully saturated rings. The zero-order valence-corrected chi connectivity index (χ0v) is 15.5. The highest BCUT2D eigenvalue weighted by atomic mass is 19.3. The van der Waals surface area contributed by atoms with Crippen molar-refractivity contribution >= 4 is 17.9 Å². The fourth-order valence-corrected chi connectivity index (χ4v) is 2.55. The number of carbonyl (C=O) groups is 1. The van der Waals surface area contributed by atoms with Crippen LogP contribution in [0, 0.1) is 0 Å². The molecule has 0 spiro atoms. The van der Waals surface area contributed by atoms with Crippen LogP contribution in [0.1, 0.15) is 18.1 Å². The standard InChI is InChI=1S/C20H15F4NO5/c1-2-27-16-10-11(3-8-15(16)29-20(23)24)9-14-18(26)30-17(25-14)12-4-6-13(7-5-12)28-19(21)22/h3-10,19-20H,2H2,1H3/b14-9-. The SMILES string of the molecule is CCOc1cc(/C=C2\N=C(c3ccc(OC(F)F)cc3)OC2=O)ccc1OC(F)F. The first-order valence-electron chi connectivity index (χ1n) is 8.65. The van der Waals surface area contributed by atoms with Crippen LogP contribution in [-0.2, 0) is 9.53 Å². The van der Waals surface area contributed by atoms with Gasteiger partial charge in [-0.25, -0.2) is 9.79 Å². The molecule has 1 aliphatic heterocycles. The van der Waals surface area contributed by atoms with Crippen LogP contribution in [-0.4, -0.2) is 31.7 Å². The summed E-state index contributed by atoms with van der Waals surface area (Å²) in [7, 11) is 0. The van der Waals surface area contributed by atoms with Crippen molar-refractivity contribution in [2.45, 2.75) is 20.1 Å². The summed E-state index contributed by atoms with van der Waals surface area (Å²) in [6.07, 6.45) is 1.39. The van der Waals surface area contributed by atoms with Gasteiger partial charge in [0.25, 0.3) is 0 Å². The molecule has 0 aliphatic carbocycles. The van der Waals surface area contributed by atoms with Gasteiger partial charge >= 0.3 is 19.2 Å². The molecule has 2 aromatic carbocycles. The van der Waals surface area contributed by atoms with Crippen LogP contribution < -0.4 is 14.2 Å². The molecule has 2 aromatic rings. The van der Waals surface area contributed by atoms with E-state index in [9.17, 15) is 22.4 Å². The molecule has 0 unspecified atom stereocenters. The van der Waals surface area contributed by atoms with Crippen molar-refractivity contribution in [2.75, 3.05) is 6.61 Å². The van der Waals surface area contributed by atoms with E-state index < -0.39 is 19.2 Å². The minimum Gasteiger partial charge on any atom is -0.490 e. The molecule has 0 aromatic heterocycles. The van der Waals surface area contributed by atoms with Crippen molar-refractivity contribution in [1.82, 2.24) is 0 Å². The van der Waals surface area contributed by atoms with Gasteiger partial charge < -0.3 is 18.9 Å². The van der Waals surface area contributed by atoms with Crippen molar-refractivity contribution in [1.29, 1.82) is 0 Å². The minimum atomic E-state index is -3.01. The van der Waals surface area contributed by atoms with E-state index in [0.717, 1.165) is 0 Å². The maximum absolute atomic E-state index is 12.5. The average Bonchev–Trinajstić information content (AvgIpc) is 3.04. The van der Waals surface area contributed by atoms with Crippen LogP contribution in [0.4, 0.5) is 17.6 Å². The fraction of sp³-hybridized carbons (Fsp3) is 0.200. The van der Waals surface area contributed by atoms with Gasteiger partial charge in [-0.1, -0.05) is 6.07 Å². The normalized spacial score (nSPS) is 14.8. The largest absolute Gasteiger partial charge is 0.490 e. The summed E-state index contributed by atoms with van der Waals surface area (Å²) in [5.74, 6) is -0.860. The monoisotopic (exact) mass is 425 g/mol. The Morgan fingerprint density at radius 2 is 1.70 bits per heavy atom. The highest BCUT2D eigenvalue weighted by Gasteiger charge is 2.24. The van der Waals surface area contributed by atoms with Gasteiger partial charge in [-0.05, 0) is 55.0 Å². The van der Waals surface area contributed by atoms with Gasteiger partial charge in [0.2, 0.25) is 5.90 Å². The van der Waals surface area contributed by atoms with E-state index in [1.54, 1.807) is 6.92 Å². The van der Waals surface area contributed by atoms with Crippen LogP contribution in [0.3, 0.4) is 0 Å². The van der Waals surface area contributed by atoms with Crippen molar-refractivity contribution < 1.29 is 41.3 Å². The number of esters is 1. The summed E-state index contributed by atoms with van der Waals surface area (Å²) in [5, 5.41) is 0. The smallest absolute Gasteiger partial charge is 0.387 e. The summed E-state index contributed by atoms with van der Waals surface area (Å²) < 4.78 is 68.5. The Morgan fingerprint density at radius 3 is 2.33 bits per heavy atom. The summed E-state index contributed by atoms with van der Waals surface area (Å²) in [5.41, 5.74) is 0.782. The van der Waals surface area contributed by atoms with E-state index in [1.807, 2.05) is 0 Å². The second-order valence-electron chi connectivity index (χ2n) is 5.76. The van der Waals surface area contributed by atoms with E-state index in [4.69, 9.17) is 9.47 Å². The summed E-state index contributed by atoms with van der Waals surface area (Å²) in [4.78, 5) is 16.2. The van der Waals surface area contributed by atoms with Crippen LogP contribution in [0.5, 0.6) is 17.2 Å². The van der Waals surface area contributed by atoms with E-state index in [2.05, 4.69) is 14.5 Å². The van der Waals surface area contributed by atoms with Crippen LogP contribution >= 0.6 is 0 Å². The maximum Gasteiger partial charge on any atom is 0.387 e. The first kappa shape index (κ1) is 21.2. The predicted octanol–water partition coefficient (Wildman–Crippen LogP) is 4.63. The average molecular weight is 425 g/mol. The Balaban J connectivity index is 1.84. The minimum absolute atomic E-state index is 0.0162. The molecule has 1 heterocycles. The first-order chi connectivity index (χ1) is 14.4. The molecule has 0 N–H and O–H groups in total. The number of ether oxygens (including phenoxy) is 4. The zero-order valence-electron chi connectivity index (χ0n) is 15.5. The number of aliphatic imine (C=N–C) groups is 1. The molecule has 0 amide bonds. The molecule has 6 nitrogen and oxygen atoms in total. The Hall–Kier alpha value is -3.56. The third-order valence-electron chi connectivity index (χ3n) is 3.73. The highest BCUT2D eigenvalue weighted by molar-refractivity contribution is 6.12. The number of alkyl halides is 4. The molecule has 0 atom stereocenters. The number of rotatable bonds is 8. The second-order valence-corrected chi connectivity index (χ2v) is 5.76. The number of cyclic esters (lactones) is 1. The summed E-state index contributed by atoms with van der Waals surface area (Å²) in [6, 6.07) is 9.56. The van der Waals surface area contributed by atoms with Gasteiger partial charge in [0.1, 0.15) is 5.75 Å². The molecular formula is C20H15F4NO5. The lowest BCUT2D eigenvalue weighted by Crippen LogP contribution is -2.06. The zero-order chi connectivity index (χ0) is 21.7. The maximum atomic E-state index is 12.5. The molecule has 0 radical (unpaired) electrons. The molecule has 30 heavy (non-hydrogen) atoms. The lowest BCUT2D eigenvalue weighted by atomic mass is 10.1. The van der Waals surface area contributed by atoms with Gasteiger partial charge in [0.05, 0.1) is 6.61 Å². The predicted molar refractivity (Wildman–Crippen MR) is 97.9 cm³/mol. The van der Waals surface area contributed by atoms with E-state index >= 15 is 0 Å². The van der Waals surface area contributed by atoms with Crippen LogP contribution in [0.25, 0.3) is 6.08 Å². The molecule has 158 valence electrons. The van der Waals surface area contributed by atoms with Crippen LogP contribution in [0.15, 0.2) is 53.2 Å². The van der Waals surface area contributed by atoms with Crippen molar-refractivity contribution in [2.24, 2.45) is 4.99 Å². The lowest BCUT2D eigenvalue weighted by molar-refractivity contribution is -0.129. The van der Waals surface area contributed by atoms with Crippen LogP contribution in [0.2, 0.25) is 0 Å². The van der Waals surface area contributed by atoms with Gasteiger partial charge in [0.15, 0.2) is 17.2 Å². The first-order valence-corrected chi connectivity index (χ1v) is 8.65. The number of nitrogens with zero attached hydrogens (tertiary/aromatic N) is 1. The molecule has 10 heteroatoms. The molecule has 0 bridgehead atoms. The summed E-state index contributed by atoms with van der Waals surface area (Å²) in [6.45, 7) is -4.07. The molecular weight excluding hydrogens is 410 g/mol. The number of hydrogen-bond donors (Lipinski definition) is 0. The van der Waals surface area contributed by atoms with Gasteiger partial charge in [-0.2, -0.15) is 17.6 Å². The highest BCUT2D eigenvalue weighted by Crippen LogP contribution is 2.31. The Bertz CT molecular complexity index is 974. The van der Waals surface area contributed by atoms with E-state index in [0.29, 0.717) is 11.1 Å². The van der Waals surface area contributed by atoms with Gasteiger partial charge in [0, 0.05) is 5.56 Å². The number of carbonyl (C=O) groups excluding carboxylic acids is 1. The number of halogens is 4. The fourth-order valence-electron chi connectivity index (χ4n) is 2.55. The van der Waals surface area contributed by atoms with Crippen molar-refractivity contribution in [3.8, 4) is 17.2 Å². The molecule has 3 rings (SSSR count). The van der Waals surface area contributed by atoms with Crippen molar-refractivity contribution in [3.63, 3.8) is 0 Å². The van der Waals surface area contributed by atoms with E-state index in [-0.39, 0.29) is 35.5 Å².